The highest BCUT2D eigenvalue weighted by molar-refractivity contribution is 5.94. The van der Waals surface area contributed by atoms with E-state index in [1.807, 2.05) is 0 Å². The summed E-state index contributed by atoms with van der Waals surface area (Å²) >= 11 is 0. The summed E-state index contributed by atoms with van der Waals surface area (Å²) in [5.74, 6) is -0.231. The van der Waals surface area contributed by atoms with Crippen LogP contribution in [-0.2, 0) is 4.79 Å². The third kappa shape index (κ3) is 3.32. The summed E-state index contributed by atoms with van der Waals surface area (Å²) in [5, 5.41) is 21.6. The molecule has 0 radical (unpaired) electrons. The molecule has 0 bridgehead atoms. The number of nitriles is 1. The molecule has 0 heterocycles. The Morgan fingerprint density at radius 3 is 2.47 bits per heavy atom. The molecule has 0 fully saturated rings. The number of anilines is 1. The first-order valence-corrected chi connectivity index (χ1v) is 5.10. The number of carbonyl (C=O) groups excluding carboxylic acids is 1. The summed E-state index contributed by atoms with van der Waals surface area (Å²) in [5.41, 5.74) is -0.396. The van der Waals surface area contributed by atoms with Gasteiger partial charge in [0.25, 0.3) is 5.69 Å². The molecule has 0 aromatic heterocycles. The van der Waals surface area contributed by atoms with E-state index in [9.17, 15) is 14.9 Å². The fourth-order valence-electron chi connectivity index (χ4n) is 1.39. The predicted molar refractivity (Wildman–Crippen MR) is 65.1 cm³/mol. The SMILES string of the molecule is COc1cc(NC(=O)CC#N)c([N+](=O)[O-])cc1OC. The van der Waals surface area contributed by atoms with Gasteiger partial charge >= 0.3 is 0 Å². The van der Waals surface area contributed by atoms with Crippen LogP contribution in [0.25, 0.3) is 0 Å². The second kappa shape index (κ2) is 6.20. The highest BCUT2D eigenvalue weighted by Crippen LogP contribution is 2.37. The normalized spacial score (nSPS) is 9.32. The maximum Gasteiger partial charge on any atom is 0.296 e. The van der Waals surface area contributed by atoms with Gasteiger partial charge < -0.3 is 14.8 Å². The van der Waals surface area contributed by atoms with Crippen molar-refractivity contribution < 1.29 is 19.2 Å². The number of nitrogens with one attached hydrogen (secondary N) is 1. The van der Waals surface area contributed by atoms with E-state index in [-0.39, 0.29) is 22.9 Å². The van der Waals surface area contributed by atoms with E-state index < -0.39 is 17.3 Å². The van der Waals surface area contributed by atoms with Crippen molar-refractivity contribution in [2.45, 2.75) is 6.42 Å². The van der Waals surface area contributed by atoms with Crippen molar-refractivity contribution in [3.8, 4) is 17.6 Å². The molecular formula is C11H11N3O5. The van der Waals surface area contributed by atoms with Crippen LogP contribution in [0, 0.1) is 21.4 Å². The van der Waals surface area contributed by atoms with Crippen LogP contribution in [0.4, 0.5) is 11.4 Å². The molecule has 8 nitrogen and oxygen atoms in total. The van der Waals surface area contributed by atoms with E-state index in [0.29, 0.717) is 0 Å². The number of hydrogen-bond donors (Lipinski definition) is 1. The lowest BCUT2D eigenvalue weighted by atomic mass is 10.2. The van der Waals surface area contributed by atoms with Gasteiger partial charge in [-0.25, -0.2) is 0 Å². The number of hydrogen-bond acceptors (Lipinski definition) is 6. The zero-order chi connectivity index (χ0) is 14.4. The monoisotopic (exact) mass is 265 g/mol. The minimum Gasteiger partial charge on any atom is -0.493 e. The molecule has 19 heavy (non-hydrogen) atoms. The average Bonchev–Trinajstić information content (AvgIpc) is 2.38. The Bertz CT molecular complexity index is 550. The molecular weight excluding hydrogens is 254 g/mol. The molecule has 0 atom stereocenters. The van der Waals surface area contributed by atoms with Crippen LogP contribution in [0.1, 0.15) is 6.42 Å². The Kier molecular flexibility index (Phi) is 4.65. The molecule has 1 aromatic rings. The first-order chi connectivity index (χ1) is 9.03. The Morgan fingerprint density at radius 1 is 1.42 bits per heavy atom. The van der Waals surface area contributed by atoms with Gasteiger partial charge in [0.05, 0.1) is 31.3 Å². The van der Waals surface area contributed by atoms with E-state index in [1.165, 1.54) is 20.3 Å². The van der Waals surface area contributed by atoms with Crippen molar-refractivity contribution >= 4 is 17.3 Å². The minimum absolute atomic E-state index is 0.0529. The van der Waals surface area contributed by atoms with Crippen LogP contribution in [-0.4, -0.2) is 25.1 Å². The minimum atomic E-state index is -0.663. The van der Waals surface area contributed by atoms with Gasteiger partial charge in [0.1, 0.15) is 12.1 Å². The predicted octanol–water partition coefficient (Wildman–Crippen LogP) is 1.46. The fourth-order valence-corrected chi connectivity index (χ4v) is 1.39. The fraction of sp³-hybridized carbons (Fsp3) is 0.273. The first kappa shape index (κ1) is 14.2. The zero-order valence-electron chi connectivity index (χ0n) is 10.3. The summed E-state index contributed by atoms with van der Waals surface area (Å²) in [6.07, 6.45) is -0.397. The number of rotatable bonds is 5. The third-order valence-corrected chi connectivity index (χ3v) is 2.21. The van der Waals surface area contributed by atoms with Crippen LogP contribution in [0.15, 0.2) is 12.1 Å². The van der Waals surface area contributed by atoms with E-state index in [1.54, 1.807) is 6.07 Å². The molecule has 0 saturated carbocycles. The number of benzene rings is 1. The molecule has 0 aliphatic rings. The van der Waals surface area contributed by atoms with E-state index in [4.69, 9.17) is 14.7 Å². The number of nitro benzene ring substituents is 1. The van der Waals surface area contributed by atoms with Crippen LogP contribution in [0.3, 0.4) is 0 Å². The van der Waals surface area contributed by atoms with Gasteiger partial charge in [-0.2, -0.15) is 5.26 Å². The van der Waals surface area contributed by atoms with Crippen LogP contribution in [0.5, 0.6) is 11.5 Å². The van der Waals surface area contributed by atoms with Crippen LogP contribution in [0.2, 0.25) is 0 Å². The van der Waals surface area contributed by atoms with Crippen molar-refractivity contribution in [1.82, 2.24) is 0 Å². The Labute approximate surface area is 108 Å². The van der Waals surface area contributed by atoms with Gasteiger partial charge in [-0.15, -0.1) is 0 Å². The molecule has 1 aromatic carbocycles. The standard InChI is InChI=1S/C11H11N3O5/c1-18-9-5-7(13-11(15)3-4-12)8(14(16)17)6-10(9)19-2/h5-6H,3H2,1-2H3,(H,13,15). The molecule has 1 amide bonds. The lowest BCUT2D eigenvalue weighted by molar-refractivity contribution is -0.384. The van der Waals surface area contributed by atoms with E-state index >= 15 is 0 Å². The van der Waals surface area contributed by atoms with Gasteiger partial charge in [0.15, 0.2) is 11.5 Å². The van der Waals surface area contributed by atoms with Crippen LogP contribution >= 0.6 is 0 Å². The van der Waals surface area contributed by atoms with E-state index in [2.05, 4.69) is 5.32 Å². The third-order valence-electron chi connectivity index (χ3n) is 2.21. The number of nitrogens with zero attached hydrogens (tertiary/aromatic N) is 2. The molecule has 0 aliphatic carbocycles. The molecule has 100 valence electrons. The molecule has 0 spiro atoms. The van der Waals surface area contributed by atoms with Crippen molar-refractivity contribution in [3.63, 3.8) is 0 Å². The van der Waals surface area contributed by atoms with Crippen molar-refractivity contribution in [2.75, 3.05) is 19.5 Å². The second-order valence-electron chi connectivity index (χ2n) is 3.36. The van der Waals surface area contributed by atoms with Gasteiger partial charge in [0, 0.05) is 6.07 Å². The Hall–Kier alpha value is -2.82. The van der Waals surface area contributed by atoms with Crippen molar-refractivity contribution in [2.24, 2.45) is 0 Å². The summed E-state index contributed by atoms with van der Waals surface area (Å²) in [7, 11) is 2.71. The average molecular weight is 265 g/mol. The Balaban J connectivity index is 3.24. The molecule has 0 unspecified atom stereocenters. The first-order valence-electron chi connectivity index (χ1n) is 5.10. The lowest BCUT2D eigenvalue weighted by Gasteiger charge is -2.10. The Morgan fingerprint density at radius 2 is 2.00 bits per heavy atom. The zero-order valence-corrected chi connectivity index (χ0v) is 10.3. The quantitative estimate of drug-likeness (QED) is 0.636. The van der Waals surface area contributed by atoms with Crippen molar-refractivity contribution in [1.29, 1.82) is 5.26 Å². The van der Waals surface area contributed by atoms with Gasteiger partial charge in [-0.3, -0.25) is 14.9 Å². The molecule has 8 heteroatoms. The lowest BCUT2D eigenvalue weighted by Crippen LogP contribution is -2.12. The van der Waals surface area contributed by atoms with Gasteiger partial charge in [-0.1, -0.05) is 0 Å². The highest BCUT2D eigenvalue weighted by Gasteiger charge is 2.20. The molecule has 0 saturated heterocycles. The smallest absolute Gasteiger partial charge is 0.296 e. The second-order valence-corrected chi connectivity index (χ2v) is 3.36. The number of carbonyl (C=O) groups is 1. The molecule has 1 rings (SSSR count). The van der Waals surface area contributed by atoms with Crippen LogP contribution < -0.4 is 14.8 Å². The maximum atomic E-state index is 11.3. The van der Waals surface area contributed by atoms with Crippen molar-refractivity contribution in [3.05, 3.63) is 22.2 Å². The van der Waals surface area contributed by atoms with E-state index in [0.717, 1.165) is 6.07 Å². The number of methoxy groups -OCH3 is 2. The summed E-state index contributed by atoms with van der Waals surface area (Å²) < 4.78 is 9.93. The van der Waals surface area contributed by atoms with Gasteiger partial charge in [0.2, 0.25) is 5.91 Å². The summed E-state index contributed by atoms with van der Waals surface area (Å²) in [4.78, 5) is 21.6. The largest absolute Gasteiger partial charge is 0.493 e. The molecule has 1 N–H and O–H groups in total. The number of nitro groups is 1. The van der Waals surface area contributed by atoms with Gasteiger partial charge in [-0.05, 0) is 0 Å². The molecule has 0 aliphatic heterocycles. The number of ether oxygens (including phenoxy) is 2. The topological polar surface area (TPSA) is 114 Å². The highest BCUT2D eigenvalue weighted by atomic mass is 16.6. The summed E-state index contributed by atoms with van der Waals surface area (Å²) in [6, 6.07) is 4.06. The summed E-state index contributed by atoms with van der Waals surface area (Å²) in [6.45, 7) is 0. The maximum absolute atomic E-state index is 11.3. The number of amides is 1.